The third-order valence-corrected chi connectivity index (χ3v) is 5.84. The van der Waals surface area contributed by atoms with Crippen LogP contribution < -0.4 is 11.1 Å². The van der Waals surface area contributed by atoms with Crippen molar-refractivity contribution in [3.63, 3.8) is 0 Å². The van der Waals surface area contributed by atoms with Gasteiger partial charge in [-0.1, -0.05) is 35.5 Å². The van der Waals surface area contributed by atoms with Gasteiger partial charge in [0.15, 0.2) is 5.82 Å². The molecule has 4 heterocycles. The van der Waals surface area contributed by atoms with Crippen LogP contribution in [0.5, 0.6) is 0 Å². The van der Waals surface area contributed by atoms with E-state index in [9.17, 15) is 0 Å². The highest BCUT2D eigenvalue weighted by molar-refractivity contribution is 7.18. The van der Waals surface area contributed by atoms with Crippen molar-refractivity contribution < 1.29 is 0 Å². The quantitative estimate of drug-likeness (QED) is 0.409. The number of anilines is 1. The number of nitrogens with two attached hydrogens (primary N) is 1. The molecule has 31 heavy (non-hydrogen) atoms. The Labute approximate surface area is 182 Å². The predicted octanol–water partition coefficient (Wildman–Crippen LogP) is 3.32. The van der Waals surface area contributed by atoms with E-state index in [0.717, 1.165) is 33.7 Å². The van der Waals surface area contributed by atoms with Crippen molar-refractivity contribution in [2.24, 2.45) is 5.73 Å². The van der Waals surface area contributed by atoms with Crippen LogP contribution in [0.3, 0.4) is 0 Å². The van der Waals surface area contributed by atoms with Crippen molar-refractivity contribution in [2.75, 3.05) is 11.9 Å². The number of fused-ring (bicyclic) bond motifs is 1. The number of benzene rings is 1. The van der Waals surface area contributed by atoms with Crippen LogP contribution in [0.4, 0.5) is 5.82 Å². The van der Waals surface area contributed by atoms with E-state index in [2.05, 4.69) is 32.7 Å². The molecule has 1 aromatic carbocycles. The summed E-state index contributed by atoms with van der Waals surface area (Å²) in [5, 5.41) is 13.5. The Balaban J connectivity index is 1.49. The summed E-state index contributed by atoms with van der Waals surface area (Å²) in [7, 11) is 0. The van der Waals surface area contributed by atoms with Gasteiger partial charge in [0.25, 0.3) is 0 Å². The number of hydrogen-bond acceptors (Lipinski definition) is 8. The summed E-state index contributed by atoms with van der Waals surface area (Å²) in [5.74, 6) is 1.38. The fourth-order valence-electron chi connectivity index (χ4n) is 3.37. The second kappa shape index (κ2) is 8.58. The predicted molar refractivity (Wildman–Crippen MR) is 122 cm³/mol. The minimum Gasteiger partial charge on any atom is -0.367 e. The Morgan fingerprint density at radius 2 is 1.87 bits per heavy atom. The van der Waals surface area contributed by atoms with Crippen molar-refractivity contribution in [3.8, 4) is 17.1 Å². The molecule has 8 nitrogen and oxygen atoms in total. The molecular formula is C22H20N8S. The molecule has 0 radical (unpaired) electrons. The number of nitrogens with zero attached hydrogens (tertiary/aromatic N) is 6. The maximum atomic E-state index is 6.40. The van der Waals surface area contributed by atoms with Gasteiger partial charge in [-0.25, -0.2) is 14.6 Å². The highest BCUT2D eigenvalue weighted by Crippen LogP contribution is 2.33. The Bertz CT molecular complexity index is 1270. The van der Waals surface area contributed by atoms with Crippen LogP contribution in [0, 0.1) is 0 Å². The molecule has 5 rings (SSSR count). The molecule has 3 N–H and O–H groups in total. The maximum absolute atomic E-state index is 6.40. The van der Waals surface area contributed by atoms with E-state index in [1.54, 1.807) is 40.8 Å². The van der Waals surface area contributed by atoms with Crippen LogP contribution in [0.1, 0.15) is 5.56 Å². The lowest BCUT2D eigenvalue weighted by Crippen LogP contribution is -2.31. The third kappa shape index (κ3) is 4.14. The van der Waals surface area contributed by atoms with Crippen molar-refractivity contribution in [2.45, 2.75) is 12.5 Å². The Morgan fingerprint density at radius 1 is 1.03 bits per heavy atom. The monoisotopic (exact) mass is 428 g/mol. The largest absolute Gasteiger partial charge is 0.367 e. The van der Waals surface area contributed by atoms with E-state index < -0.39 is 0 Å². The van der Waals surface area contributed by atoms with Crippen LogP contribution in [-0.4, -0.2) is 42.5 Å². The molecule has 9 heteroatoms. The van der Waals surface area contributed by atoms with Gasteiger partial charge in [0.2, 0.25) is 0 Å². The molecule has 0 spiro atoms. The van der Waals surface area contributed by atoms with Gasteiger partial charge in [-0.3, -0.25) is 4.98 Å². The standard InChI is InChI=1S/C22H20N8S/c23-17(12-15-4-2-1-3-5-15)13-25-22-20-19(18(14-31-20)30-11-10-26-29-30)27-21(28-22)16-6-8-24-9-7-16/h1-11,14,17H,12-13,23H2,(H,25,27,28). The first kappa shape index (κ1) is 19.3. The van der Waals surface area contributed by atoms with Crippen LogP contribution >= 0.6 is 11.3 Å². The smallest absolute Gasteiger partial charge is 0.162 e. The molecule has 0 aliphatic rings. The zero-order valence-electron chi connectivity index (χ0n) is 16.6. The molecule has 1 atom stereocenters. The molecule has 0 saturated carbocycles. The highest BCUT2D eigenvalue weighted by atomic mass is 32.1. The fraction of sp³-hybridized carbons (Fsp3) is 0.136. The van der Waals surface area contributed by atoms with E-state index in [4.69, 9.17) is 15.7 Å². The molecule has 1 unspecified atom stereocenters. The number of nitrogens with one attached hydrogen (secondary N) is 1. The van der Waals surface area contributed by atoms with E-state index in [0.29, 0.717) is 12.4 Å². The van der Waals surface area contributed by atoms with Crippen molar-refractivity contribution in [1.29, 1.82) is 0 Å². The van der Waals surface area contributed by atoms with E-state index in [1.165, 1.54) is 5.56 Å². The Morgan fingerprint density at radius 3 is 2.65 bits per heavy atom. The molecule has 5 aromatic rings. The average molecular weight is 429 g/mol. The third-order valence-electron chi connectivity index (χ3n) is 4.88. The summed E-state index contributed by atoms with van der Waals surface area (Å²) < 4.78 is 2.67. The highest BCUT2D eigenvalue weighted by Gasteiger charge is 2.17. The zero-order valence-corrected chi connectivity index (χ0v) is 17.4. The first-order valence-electron chi connectivity index (χ1n) is 9.87. The summed E-state index contributed by atoms with van der Waals surface area (Å²) in [6, 6.07) is 14.0. The van der Waals surface area contributed by atoms with E-state index in [-0.39, 0.29) is 6.04 Å². The molecule has 0 fully saturated rings. The minimum absolute atomic E-state index is 0.0495. The first-order valence-corrected chi connectivity index (χ1v) is 10.8. The molecule has 0 amide bonds. The van der Waals surface area contributed by atoms with Gasteiger partial charge >= 0.3 is 0 Å². The van der Waals surface area contributed by atoms with Crippen molar-refractivity contribution >= 4 is 27.4 Å². The maximum Gasteiger partial charge on any atom is 0.162 e. The number of pyridine rings is 1. The van der Waals surface area contributed by atoms with Gasteiger partial charge in [-0.05, 0) is 24.1 Å². The summed E-state index contributed by atoms with van der Waals surface area (Å²) in [6.07, 6.45) is 7.71. The van der Waals surface area contributed by atoms with Crippen molar-refractivity contribution in [1.82, 2.24) is 29.9 Å². The van der Waals surface area contributed by atoms with Crippen molar-refractivity contribution in [3.05, 3.63) is 78.2 Å². The van der Waals surface area contributed by atoms with E-state index >= 15 is 0 Å². The Hall–Kier alpha value is -3.69. The van der Waals surface area contributed by atoms with Crippen LogP contribution in [0.2, 0.25) is 0 Å². The number of rotatable bonds is 7. The zero-order chi connectivity index (χ0) is 21.0. The number of aromatic nitrogens is 6. The summed E-state index contributed by atoms with van der Waals surface area (Å²) in [6.45, 7) is 0.591. The molecule has 0 saturated heterocycles. The van der Waals surface area contributed by atoms with Gasteiger partial charge in [-0.15, -0.1) is 16.4 Å². The summed E-state index contributed by atoms with van der Waals surface area (Å²) >= 11 is 1.57. The first-order chi connectivity index (χ1) is 15.3. The lowest BCUT2D eigenvalue weighted by atomic mass is 10.1. The molecule has 4 aromatic heterocycles. The fourth-order valence-corrected chi connectivity index (χ4v) is 4.31. The van der Waals surface area contributed by atoms with Gasteiger partial charge in [0.05, 0.1) is 17.1 Å². The van der Waals surface area contributed by atoms with Gasteiger partial charge < -0.3 is 11.1 Å². The Kier molecular flexibility index (Phi) is 5.34. The van der Waals surface area contributed by atoms with Crippen LogP contribution in [0.15, 0.2) is 72.6 Å². The topological polar surface area (TPSA) is 107 Å². The van der Waals surface area contributed by atoms with E-state index in [1.807, 2.05) is 35.7 Å². The molecular weight excluding hydrogens is 408 g/mol. The average Bonchev–Trinajstić information content (AvgIpc) is 3.48. The lowest BCUT2D eigenvalue weighted by molar-refractivity contribution is 0.698. The van der Waals surface area contributed by atoms with Crippen LogP contribution in [0.25, 0.3) is 27.3 Å². The van der Waals surface area contributed by atoms with Gasteiger partial charge in [0.1, 0.15) is 17.0 Å². The van der Waals surface area contributed by atoms with Gasteiger partial charge in [-0.2, -0.15) is 0 Å². The summed E-state index contributed by atoms with van der Waals surface area (Å²) in [5.41, 5.74) is 10.2. The normalized spacial score (nSPS) is 12.2. The van der Waals surface area contributed by atoms with Gasteiger partial charge in [0, 0.05) is 35.9 Å². The molecule has 0 aliphatic carbocycles. The number of hydrogen-bond donors (Lipinski definition) is 2. The second-order valence-electron chi connectivity index (χ2n) is 7.11. The lowest BCUT2D eigenvalue weighted by Gasteiger charge is -2.14. The molecule has 154 valence electrons. The van der Waals surface area contributed by atoms with Crippen LogP contribution in [-0.2, 0) is 6.42 Å². The minimum atomic E-state index is -0.0495. The summed E-state index contributed by atoms with van der Waals surface area (Å²) in [4.78, 5) is 13.7. The molecule has 0 aliphatic heterocycles. The molecule has 0 bridgehead atoms. The number of thiophene rings is 1. The SMILES string of the molecule is NC(CNc1nc(-c2ccncc2)nc2c(-n3ccnn3)csc12)Cc1ccccc1. The second-order valence-corrected chi connectivity index (χ2v) is 7.99.